The fourth-order valence-corrected chi connectivity index (χ4v) is 4.21. The van der Waals surface area contributed by atoms with Gasteiger partial charge in [-0.05, 0) is 42.7 Å². The van der Waals surface area contributed by atoms with Crippen molar-refractivity contribution in [2.24, 2.45) is 0 Å². The van der Waals surface area contributed by atoms with Gasteiger partial charge in [0.15, 0.2) is 5.65 Å². The molecule has 0 spiro atoms. The number of aryl methyl sites for hydroxylation is 1. The highest BCUT2D eigenvalue weighted by atomic mass is 79.9. The molecule has 0 radical (unpaired) electrons. The fourth-order valence-electron chi connectivity index (χ4n) is 4.07. The van der Waals surface area contributed by atoms with Crippen molar-refractivity contribution < 1.29 is 14.3 Å². The van der Waals surface area contributed by atoms with Crippen LogP contribution in [0.5, 0.6) is 0 Å². The van der Waals surface area contributed by atoms with Gasteiger partial charge in [0.1, 0.15) is 12.4 Å². The van der Waals surface area contributed by atoms with E-state index in [2.05, 4.69) is 47.2 Å². The molecule has 0 saturated heterocycles. The molecule has 0 aliphatic carbocycles. The number of hydrogen-bond acceptors (Lipinski definition) is 5. The van der Waals surface area contributed by atoms with Crippen LogP contribution in [0.3, 0.4) is 0 Å². The van der Waals surface area contributed by atoms with Gasteiger partial charge in [0, 0.05) is 43.4 Å². The number of rotatable bonds is 9. The summed E-state index contributed by atoms with van der Waals surface area (Å²) in [7, 11) is 3.37. The van der Waals surface area contributed by atoms with Gasteiger partial charge in [-0.2, -0.15) is 5.10 Å². The molecule has 37 heavy (non-hydrogen) atoms. The molecule has 0 aliphatic rings. The van der Waals surface area contributed by atoms with Crippen molar-refractivity contribution in [2.45, 2.75) is 27.0 Å². The predicted molar refractivity (Wildman–Crippen MR) is 150 cm³/mol. The minimum absolute atomic E-state index is 0.137. The lowest BCUT2D eigenvalue weighted by atomic mass is 9.99. The van der Waals surface area contributed by atoms with E-state index in [1.807, 2.05) is 24.3 Å². The summed E-state index contributed by atoms with van der Waals surface area (Å²) in [4.78, 5) is 31.2. The molecule has 2 heterocycles. The predicted octanol–water partition coefficient (Wildman–Crippen LogP) is 5.49. The summed E-state index contributed by atoms with van der Waals surface area (Å²) in [5.41, 5.74) is 6.20. The van der Waals surface area contributed by atoms with Crippen LogP contribution in [-0.4, -0.2) is 57.5 Å². The first-order chi connectivity index (χ1) is 17.8. The van der Waals surface area contributed by atoms with Gasteiger partial charge in [-0.15, -0.1) is 0 Å². The highest BCUT2D eigenvalue weighted by molar-refractivity contribution is 9.09. The van der Waals surface area contributed by atoms with Gasteiger partial charge in [-0.1, -0.05) is 53.2 Å². The van der Waals surface area contributed by atoms with Gasteiger partial charge in [-0.3, -0.25) is 9.59 Å². The molecule has 0 atom stereocenters. The lowest BCUT2D eigenvalue weighted by Crippen LogP contribution is -2.24. The van der Waals surface area contributed by atoms with Gasteiger partial charge in [0.25, 0.3) is 5.91 Å². The van der Waals surface area contributed by atoms with E-state index in [1.165, 1.54) is 4.90 Å². The first-order valence-corrected chi connectivity index (χ1v) is 13.2. The van der Waals surface area contributed by atoms with Crippen molar-refractivity contribution >= 4 is 44.5 Å². The van der Waals surface area contributed by atoms with Gasteiger partial charge < -0.3 is 15.0 Å². The molecule has 2 aromatic carbocycles. The zero-order valence-electron chi connectivity index (χ0n) is 21.4. The van der Waals surface area contributed by atoms with E-state index in [-0.39, 0.29) is 17.1 Å². The number of hydrogen-bond donors (Lipinski definition) is 1. The minimum Gasteiger partial charge on any atom is -0.359 e. The normalized spacial score (nSPS) is 11.1. The van der Waals surface area contributed by atoms with E-state index in [0.717, 1.165) is 45.4 Å². The molecule has 1 N–H and O–H groups in total. The number of fused-ring (bicyclic) bond motifs is 1. The zero-order chi connectivity index (χ0) is 26.5. The molecule has 0 aliphatic heterocycles. The van der Waals surface area contributed by atoms with Crippen LogP contribution in [-0.2, 0) is 16.3 Å². The number of aromatic nitrogens is 3. The maximum atomic E-state index is 13.0. The Labute approximate surface area is 224 Å². The van der Waals surface area contributed by atoms with Crippen molar-refractivity contribution in [3.05, 3.63) is 65.9 Å². The summed E-state index contributed by atoms with van der Waals surface area (Å²) in [6.07, 6.45) is 2.69. The quantitative estimate of drug-likeness (QED) is 0.215. The van der Waals surface area contributed by atoms with Crippen LogP contribution in [0.25, 0.3) is 33.4 Å². The number of anilines is 1. The zero-order valence-corrected chi connectivity index (χ0v) is 23.0. The number of amides is 2. The average Bonchev–Trinajstić information content (AvgIpc) is 3.26. The van der Waals surface area contributed by atoms with Crippen molar-refractivity contribution in [2.75, 3.05) is 31.3 Å². The van der Waals surface area contributed by atoms with Gasteiger partial charge in [0.2, 0.25) is 5.91 Å². The second-order valence-electron chi connectivity index (χ2n) is 8.94. The molecule has 2 amide bonds. The lowest BCUT2D eigenvalue weighted by molar-refractivity contribution is -0.113. The van der Waals surface area contributed by atoms with E-state index in [9.17, 15) is 9.59 Å². The Kier molecular flexibility index (Phi) is 8.35. The van der Waals surface area contributed by atoms with E-state index in [1.54, 1.807) is 37.1 Å². The smallest absolute Gasteiger partial charge is 0.255 e. The summed E-state index contributed by atoms with van der Waals surface area (Å²) >= 11 is 3.16. The Morgan fingerprint density at radius 3 is 2.59 bits per heavy atom. The number of alkyl halides is 1. The first kappa shape index (κ1) is 26.5. The number of carbonyl (C=O) groups excluding carboxylic acids is 2. The molecule has 0 bridgehead atoms. The fraction of sp³-hybridized carbons (Fsp3) is 0.286. The SMILES string of the molecule is CCCOCn1nc(-c2ccccc2C)c2cc(-c3ccc(NC(=O)CBr)c(C(=O)N(C)C)c3)cnc21. The topological polar surface area (TPSA) is 89.3 Å². The van der Waals surface area contributed by atoms with Gasteiger partial charge >= 0.3 is 0 Å². The first-order valence-electron chi connectivity index (χ1n) is 12.1. The second kappa shape index (κ2) is 11.7. The summed E-state index contributed by atoms with van der Waals surface area (Å²) in [6.45, 7) is 5.08. The molecule has 8 nitrogen and oxygen atoms in total. The average molecular weight is 564 g/mol. The Morgan fingerprint density at radius 1 is 1.11 bits per heavy atom. The van der Waals surface area contributed by atoms with E-state index in [4.69, 9.17) is 14.8 Å². The van der Waals surface area contributed by atoms with Crippen LogP contribution < -0.4 is 5.32 Å². The van der Waals surface area contributed by atoms with Crippen LogP contribution in [0, 0.1) is 6.92 Å². The Morgan fingerprint density at radius 2 is 1.89 bits per heavy atom. The van der Waals surface area contributed by atoms with Crippen molar-refractivity contribution in [1.82, 2.24) is 19.7 Å². The highest BCUT2D eigenvalue weighted by Gasteiger charge is 2.19. The van der Waals surface area contributed by atoms with Crippen molar-refractivity contribution in [3.63, 3.8) is 0 Å². The summed E-state index contributed by atoms with van der Waals surface area (Å²) in [6, 6.07) is 15.6. The van der Waals surface area contributed by atoms with E-state index < -0.39 is 0 Å². The van der Waals surface area contributed by atoms with Crippen LogP contribution in [0.4, 0.5) is 5.69 Å². The maximum Gasteiger partial charge on any atom is 0.255 e. The molecular formula is C28H30BrN5O3. The third-order valence-corrected chi connectivity index (χ3v) is 6.44. The highest BCUT2D eigenvalue weighted by Crippen LogP contribution is 2.33. The number of ether oxygens (including phenoxy) is 1. The maximum absolute atomic E-state index is 13.0. The third-order valence-electron chi connectivity index (χ3n) is 5.93. The number of halogens is 1. The number of pyridine rings is 1. The second-order valence-corrected chi connectivity index (χ2v) is 9.50. The standard InChI is InChI=1S/C28H30BrN5O3/c1-5-12-37-17-34-27-23(26(32-34)21-9-7-6-8-18(21)2)14-20(16-30-27)19-10-11-24(31-25(35)15-29)22(13-19)28(36)33(3)4/h6-11,13-14,16H,5,12,15,17H2,1-4H3,(H,31,35). The van der Waals surface area contributed by atoms with Crippen LogP contribution >= 0.6 is 15.9 Å². The molecule has 4 rings (SSSR count). The Balaban J connectivity index is 1.85. The number of nitrogens with zero attached hydrogens (tertiary/aromatic N) is 4. The summed E-state index contributed by atoms with van der Waals surface area (Å²) in [5.74, 6) is -0.438. The Hall–Kier alpha value is -3.56. The van der Waals surface area contributed by atoms with Gasteiger partial charge in [-0.25, -0.2) is 9.67 Å². The van der Waals surface area contributed by atoms with E-state index >= 15 is 0 Å². The Bertz CT molecular complexity index is 1450. The molecule has 2 aromatic heterocycles. The molecule has 192 valence electrons. The largest absolute Gasteiger partial charge is 0.359 e. The number of nitrogens with one attached hydrogen (secondary N) is 1. The molecular weight excluding hydrogens is 534 g/mol. The molecule has 0 saturated carbocycles. The summed E-state index contributed by atoms with van der Waals surface area (Å²) < 4.78 is 7.56. The van der Waals surface area contributed by atoms with Gasteiger partial charge in [0.05, 0.1) is 16.6 Å². The van der Waals surface area contributed by atoms with Crippen molar-refractivity contribution in [3.8, 4) is 22.4 Å². The monoisotopic (exact) mass is 563 g/mol. The van der Waals surface area contributed by atoms with E-state index in [0.29, 0.717) is 24.6 Å². The third kappa shape index (κ3) is 5.73. The minimum atomic E-state index is -0.232. The molecule has 9 heteroatoms. The van der Waals surface area contributed by atoms with Crippen LogP contribution in [0.2, 0.25) is 0 Å². The lowest BCUT2D eigenvalue weighted by Gasteiger charge is -2.16. The van der Waals surface area contributed by atoms with Crippen LogP contribution in [0.1, 0.15) is 29.3 Å². The summed E-state index contributed by atoms with van der Waals surface area (Å²) in [5, 5.41) is 8.69. The number of carbonyl (C=O) groups is 2. The molecule has 4 aromatic rings. The van der Waals surface area contributed by atoms with Crippen LogP contribution in [0.15, 0.2) is 54.7 Å². The molecule has 0 unspecified atom stereocenters. The van der Waals surface area contributed by atoms with Crippen molar-refractivity contribution in [1.29, 1.82) is 0 Å². The molecule has 0 fully saturated rings. The number of benzene rings is 2.